The zero-order valence-corrected chi connectivity index (χ0v) is 10.8. The van der Waals surface area contributed by atoms with E-state index in [1.165, 1.54) is 11.1 Å². The smallest absolute Gasteiger partial charge is 0.0673 e. The predicted octanol–water partition coefficient (Wildman–Crippen LogP) is 3.26. The lowest BCUT2D eigenvalue weighted by Gasteiger charge is -2.21. The molecular formula is C14H19N3. The van der Waals surface area contributed by atoms with Crippen LogP contribution in [0.4, 0.5) is 5.69 Å². The third-order valence-electron chi connectivity index (χ3n) is 3.00. The summed E-state index contributed by atoms with van der Waals surface area (Å²) in [5, 5.41) is 6.93. The number of nitrogens with zero attached hydrogens (tertiary/aromatic N) is 1. The molecule has 3 nitrogen and oxygen atoms in total. The number of nitrogen functional groups attached to an aromatic ring is 1. The Morgan fingerprint density at radius 1 is 1.24 bits per heavy atom. The summed E-state index contributed by atoms with van der Waals surface area (Å²) in [6.45, 7) is 8.66. The Balaban J connectivity index is 2.58. The van der Waals surface area contributed by atoms with Crippen LogP contribution in [-0.4, -0.2) is 10.2 Å². The number of aromatic nitrogens is 2. The van der Waals surface area contributed by atoms with Crippen molar-refractivity contribution in [2.45, 2.75) is 33.1 Å². The Kier molecular flexibility index (Phi) is 2.69. The molecule has 0 fully saturated rings. The molecule has 1 aromatic heterocycles. The fraction of sp³-hybridized carbons (Fsp3) is 0.357. The Labute approximate surface area is 102 Å². The van der Waals surface area contributed by atoms with E-state index in [0.29, 0.717) is 0 Å². The van der Waals surface area contributed by atoms with E-state index in [1.807, 2.05) is 6.07 Å². The third kappa shape index (κ3) is 2.18. The van der Waals surface area contributed by atoms with Crippen molar-refractivity contribution in [3.05, 3.63) is 35.5 Å². The van der Waals surface area contributed by atoms with Gasteiger partial charge in [-0.1, -0.05) is 26.8 Å². The Bertz CT molecular complexity index is 496. The summed E-state index contributed by atoms with van der Waals surface area (Å²) in [6, 6.07) is 6.20. The first-order chi connectivity index (χ1) is 7.89. The molecule has 0 bridgehead atoms. The molecule has 0 spiro atoms. The highest BCUT2D eigenvalue weighted by Crippen LogP contribution is 2.33. The van der Waals surface area contributed by atoms with Crippen molar-refractivity contribution in [1.82, 2.24) is 10.2 Å². The molecule has 0 aliphatic heterocycles. The lowest BCUT2D eigenvalue weighted by atomic mass is 9.84. The van der Waals surface area contributed by atoms with E-state index >= 15 is 0 Å². The van der Waals surface area contributed by atoms with Gasteiger partial charge >= 0.3 is 0 Å². The van der Waals surface area contributed by atoms with Crippen molar-refractivity contribution in [1.29, 1.82) is 0 Å². The average Bonchev–Trinajstić information content (AvgIpc) is 2.68. The summed E-state index contributed by atoms with van der Waals surface area (Å²) in [4.78, 5) is 0. The molecule has 2 aromatic rings. The van der Waals surface area contributed by atoms with Crippen molar-refractivity contribution in [3.63, 3.8) is 0 Å². The molecule has 1 heterocycles. The van der Waals surface area contributed by atoms with E-state index < -0.39 is 0 Å². The SMILES string of the molecule is Cc1cc(C(C)(C)C)cc(N)c1-c1ccn[nH]1. The van der Waals surface area contributed by atoms with Gasteiger partial charge in [0, 0.05) is 17.4 Å². The summed E-state index contributed by atoms with van der Waals surface area (Å²) in [6.07, 6.45) is 1.74. The van der Waals surface area contributed by atoms with Crippen LogP contribution in [0.3, 0.4) is 0 Å². The molecule has 0 amide bonds. The topological polar surface area (TPSA) is 54.7 Å². The second kappa shape index (κ2) is 3.91. The maximum atomic E-state index is 6.16. The molecule has 3 heteroatoms. The van der Waals surface area contributed by atoms with Crippen molar-refractivity contribution < 1.29 is 0 Å². The number of rotatable bonds is 1. The van der Waals surface area contributed by atoms with E-state index in [4.69, 9.17) is 5.73 Å². The van der Waals surface area contributed by atoms with Crippen molar-refractivity contribution in [2.75, 3.05) is 5.73 Å². The van der Waals surface area contributed by atoms with Crippen LogP contribution in [0.5, 0.6) is 0 Å². The molecule has 0 saturated heterocycles. The first-order valence-corrected chi connectivity index (χ1v) is 5.80. The number of aromatic amines is 1. The lowest BCUT2D eigenvalue weighted by molar-refractivity contribution is 0.590. The quantitative estimate of drug-likeness (QED) is 0.737. The number of nitrogens with one attached hydrogen (secondary N) is 1. The van der Waals surface area contributed by atoms with Crippen LogP contribution in [0.15, 0.2) is 24.4 Å². The number of benzene rings is 1. The molecule has 17 heavy (non-hydrogen) atoms. The van der Waals surface area contributed by atoms with Crippen molar-refractivity contribution in [3.8, 4) is 11.3 Å². The predicted molar refractivity (Wildman–Crippen MR) is 71.9 cm³/mol. The minimum absolute atomic E-state index is 0.116. The number of hydrogen-bond donors (Lipinski definition) is 2. The first kappa shape index (κ1) is 11.7. The molecule has 0 aliphatic rings. The van der Waals surface area contributed by atoms with Gasteiger partial charge in [-0.2, -0.15) is 5.10 Å². The van der Waals surface area contributed by atoms with E-state index in [9.17, 15) is 0 Å². The number of nitrogens with two attached hydrogens (primary N) is 1. The zero-order valence-electron chi connectivity index (χ0n) is 10.8. The second-order valence-electron chi connectivity index (χ2n) is 5.48. The van der Waals surface area contributed by atoms with Crippen molar-refractivity contribution >= 4 is 5.69 Å². The number of hydrogen-bond acceptors (Lipinski definition) is 2. The summed E-state index contributed by atoms with van der Waals surface area (Å²) < 4.78 is 0. The van der Waals surface area contributed by atoms with Gasteiger partial charge in [0.15, 0.2) is 0 Å². The first-order valence-electron chi connectivity index (χ1n) is 5.80. The highest BCUT2D eigenvalue weighted by Gasteiger charge is 2.17. The summed E-state index contributed by atoms with van der Waals surface area (Å²) in [5.41, 5.74) is 11.5. The minimum atomic E-state index is 0.116. The highest BCUT2D eigenvalue weighted by atomic mass is 15.1. The van der Waals surface area contributed by atoms with E-state index in [2.05, 4.69) is 50.0 Å². The maximum absolute atomic E-state index is 6.16. The fourth-order valence-electron chi connectivity index (χ4n) is 2.01. The van der Waals surface area contributed by atoms with Gasteiger partial charge in [0.2, 0.25) is 0 Å². The maximum Gasteiger partial charge on any atom is 0.0673 e. The van der Waals surface area contributed by atoms with Gasteiger partial charge in [-0.25, -0.2) is 0 Å². The molecule has 0 saturated carbocycles. The largest absolute Gasteiger partial charge is 0.398 e. The summed E-state index contributed by atoms with van der Waals surface area (Å²) >= 11 is 0. The van der Waals surface area contributed by atoms with Gasteiger partial charge in [0.05, 0.1) is 5.69 Å². The molecule has 90 valence electrons. The Morgan fingerprint density at radius 3 is 2.41 bits per heavy atom. The Morgan fingerprint density at radius 2 is 1.94 bits per heavy atom. The molecule has 1 aromatic carbocycles. The number of aryl methyl sites for hydroxylation is 1. The van der Waals surface area contributed by atoms with E-state index in [0.717, 1.165) is 16.9 Å². The van der Waals surface area contributed by atoms with Crippen molar-refractivity contribution in [2.24, 2.45) is 0 Å². The average molecular weight is 229 g/mol. The van der Waals surface area contributed by atoms with Crippen LogP contribution in [0.25, 0.3) is 11.3 Å². The van der Waals surface area contributed by atoms with Gasteiger partial charge in [0.25, 0.3) is 0 Å². The van der Waals surface area contributed by atoms with Crippen LogP contribution >= 0.6 is 0 Å². The molecule has 0 atom stereocenters. The van der Waals surface area contributed by atoms with Gasteiger partial charge in [-0.15, -0.1) is 0 Å². The zero-order chi connectivity index (χ0) is 12.6. The van der Waals surface area contributed by atoms with Crippen LogP contribution in [0.2, 0.25) is 0 Å². The van der Waals surface area contributed by atoms with Crippen LogP contribution in [-0.2, 0) is 5.41 Å². The van der Waals surface area contributed by atoms with Gasteiger partial charge < -0.3 is 5.73 Å². The molecule has 0 unspecified atom stereocenters. The third-order valence-corrected chi connectivity index (χ3v) is 3.00. The number of anilines is 1. The summed E-state index contributed by atoms with van der Waals surface area (Å²) in [5.74, 6) is 0. The van der Waals surface area contributed by atoms with Crippen LogP contribution in [0.1, 0.15) is 31.9 Å². The van der Waals surface area contributed by atoms with Gasteiger partial charge in [0.1, 0.15) is 0 Å². The second-order valence-corrected chi connectivity index (χ2v) is 5.48. The Hall–Kier alpha value is -1.77. The lowest BCUT2D eigenvalue weighted by Crippen LogP contribution is -2.12. The molecule has 3 N–H and O–H groups in total. The number of H-pyrrole nitrogens is 1. The highest BCUT2D eigenvalue weighted by molar-refractivity contribution is 5.77. The molecule has 2 rings (SSSR count). The van der Waals surface area contributed by atoms with Gasteiger partial charge in [-0.3, -0.25) is 5.10 Å². The summed E-state index contributed by atoms with van der Waals surface area (Å²) in [7, 11) is 0. The van der Waals surface area contributed by atoms with Crippen LogP contribution in [0, 0.1) is 6.92 Å². The normalized spacial score (nSPS) is 11.8. The standard InChI is InChI=1S/C14H19N3/c1-9-7-10(14(2,3)4)8-11(15)13(9)12-5-6-16-17-12/h5-8H,15H2,1-4H3,(H,16,17). The minimum Gasteiger partial charge on any atom is -0.398 e. The monoisotopic (exact) mass is 229 g/mol. The molecular weight excluding hydrogens is 210 g/mol. The molecule has 0 aliphatic carbocycles. The van der Waals surface area contributed by atoms with Gasteiger partial charge in [-0.05, 0) is 35.6 Å². The van der Waals surface area contributed by atoms with Crippen LogP contribution < -0.4 is 5.73 Å². The fourth-order valence-corrected chi connectivity index (χ4v) is 2.01. The van der Waals surface area contributed by atoms with E-state index in [-0.39, 0.29) is 5.41 Å². The van der Waals surface area contributed by atoms with E-state index in [1.54, 1.807) is 6.20 Å². The molecule has 0 radical (unpaired) electrons.